The van der Waals surface area contributed by atoms with E-state index in [-0.39, 0.29) is 0 Å². The second kappa shape index (κ2) is 7.77. The van der Waals surface area contributed by atoms with E-state index in [1.54, 1.807) is 48.5 Å². The fourth-order valence-electron chi connectivity index (χ4n) is 1.86. The van der Waals surface area contributed by atoms with Gasteiger partial charge in [0.15, 0.2) is 0 Å². The number of carbonyl (C=O) groups excluding carboxylic acids is 3. The van der Waals surface area contributed by atoms with Crippen LogP contribution in [-0.4, -0.2) is 42.0 Å². The standard InChI is InChI=1S/C17H18N4O3/c1-20(15(22)18-13-9-5-3-6-10-13)17(24)21(2)16(23)19-14-11-7-4-8-12-14/h3-12H,1-2H3,(H,18,22)(H,19,23). The SMILES string of the molecule is CN(C(=O)Nc1ccccc1)C(=O)N(C)C(=O)Nc1ccccc1. The van der Waals surface area contributed by atoms with Crippen LogP contribution in [0.5, 0.6) is 0 Å². The Hall–Kier alpha value is -3.35. The third kappa shape index (κ3) is 4.33. The molecule has 2 aromatic rings. The first-order chi connectivity index (χ1) is 11.5. The van der Waals surface area contributed by atoms with Gasteiger partial charge in [0.05, 0.1) is 0 Å². The van der Waals surface area contributed by atoms with Crippen molar-refractivity contribution < 1.29 is 14.4 Å². The molecule has 0 saturated carbocycles. The van der Waals surface area contributed by atoms with Crippen molar-refractivity contribution in [1.82, 2.24) is 9.80 Å². The highest BCUT2D eigenvalue weighted by molar-refractivity contribution is 6.07. The minimum absolute atomic E-state index is 0.554. The summed E-state index contributed by atoms with van der Waals surface area (Å²) in [4.78, 5) is 38.0. The van der Waals surface area contributed by atoms with Gasteiger partial charge in [0.1, 0.15) is 0 Å². The molecule has 0 unspecified atom stereocenters. The van der Waals surface area contributed by atoms with Gasteiger partial charge >= 0.3 is 18.1 Å². The molecule has 0 saturated heterocycles. The van der Waals surface area contributed by atoms with Crippen molar-refractivity contribution in [2.45, 2.75) is 0 Å². The Morgan fingerprint density at radius 3 is 1.33 bits per heavy atom. The summed E-state index contributed by atoms with van der Waals surface area (Å²) < 4.78 is 0. The van der Waals surface area contributed by atoms with Gasteiger partial charge in [0.25, 0.3) is 0 Å². The first-order valence-corrected chi connectivity index (χ1v) is 7.22. The van der Waals surface area contributed by atoms with Crippen LogP contribution >= 0.6 is 0 Å². The van der Waals surface area contributed by atoms with E-state index >= 15 is 0 Å². The van der Waals surface area contributed by atoms with E-state index in [9.17, 15) is 14.4 Å². The van der Waals surface area contributed by atoms with E-state index in [0.717, 1.165) is 9.80 Å². The van der Waals surface area contributed by atoms with Gasteiger partial charge in [-0.05, 0) is 24.3 Å². The van der Waals surface area contributed by atoms with E-state index in [0.29, 0.717) is 11.4 Å². The summed E-state index contributed by atoms with van der Waals surface area (Å²) >= 11 is 0. The minimum atomic E-state index is -0.753. The lowest BCUT2D eigenvalue weighted by Crippen LogP contribution is -2.47. The summed E-state index contributed by atoms with van der Waals surface area (Å²) in [6.07, 6.45) is 0. The van der Waals surface area contributed by atoms with Crippen LogP contribution in [0.25, 0.3) is 0 Å². The Labute approximate surface area is 139 Å². The molecule has 2 N–H and O–H groups in total. The lowest BCUT2D eigenvalue weighted by atomic mass is 10.3. The van der Waals surface area contributed by atoms with E-state index in [4.69, 9.17) is 0 Å². The van der Waals surface area contributed by atoms with Crippen LogP contribution in [0.4, 0.5) is 25.8 Å². The number of nitrogens with zero attached hydrogens (tertiary/aromatic N) is 2. The number of nitrogens with one attached hydrogen (secondary N) is 2. The fourth-order valence-corrected chi connectivity index (χ4v) is 1.86. The number of para-hydroxylation sites is 2. The normalized spacial score (nSPS) is 9.75. The van der Waals surface area contributed by atoms with Gasteiger partial charge in [0, 0.05) is 25.5 Å². The van der Waals surface area contributed by atoms with Gasteiger partial charge in [-0.1, -0.05) is 36.4 Å². The third-order valence-corrected chi connectivity index (χ3v) is 3.23. The molecule has 24 heavy (non-hydrogen) atoms. The highest BCUT2D eigenvalue weighted by Crippen LogP contribution is 2.09. The van der Waals surface area contributed by atoms with Crippen molar-refractivity contribution >= 4 is 29.5 Å². The number of rotatable bonds is 2. The Bertz CT molecular complexity index is 658. The van der Waals surface area contributed by atoms with Crippen LogP contribution in [0.3, 0.4) is 0 Å². The van der Waals surface area contributed by atoms with Crippen molar-refractivity contribution in [1.29, 1.82) is 0 Å². The van der Waals surface area contributed by atoms with Crippen molar-refractivity contribution in [2.75, 3.05) is 24.7 Å². The fraction of sp³-hybridized carbons (Fsp3) is 0.118. The first kappa shape index (κ1) is 17.0. The van der Waals surface area contributed by atoms with Crippen LogP contribution in [-0.2, 0) is 0 Å². The van der Waals surface area contributed by atoms with Crippen LogP contribution in [0, 0.1) is 0 Å². The zero-order valence-electron chi connectivity index (χ0n) is 13.4. The van der Waals surface area contributed by atoms with Crippen molar-refractivity contribution in [3.05, 3.63) is 60.7 Å². The van der Waals surface area contributed by atoms with Gasteiger partial charge < -0.3 is 10.6 Å². The summed E-state index contributed by atoms with van der Waals surface area (Å²) in [5.41, 5.74) is 1.11. The minimum Gasteiger partial charge on any atom is -0.307 e. The van der Waals surface area contributed by atoms with Gasteiger partial charge in [-0.2, -0.15) is 0 Å². The van der Waals surface area contributed by atoms with Crippen LogP contribution in [0.1, 0.15) is 0 Å². The zero-order chi connectivity index (χ0) is 17.5. The Morgan fingerprint density at radius 1 is 0.667 bits per heavy atom. The lowest BCUT2D eigenvalue weighted by molar-refractivity contribution is 0.177. The number of hydrogen-bond acceptors (Lipinski definition) is 3. The maximum Gasteiger partial charge on any atom is 0.335 e. The molecule has 0 spiro atoms. The smallest absolute Gasteiger partial charge is 0.307 e. The topological polar surface area (TPSA) is 81.8 Å². The van der Waals surface area contributed by atoms with Crippen LogP contribution in [0.2, 0.25) is 0 Å². The summed E-state index contributed by atoms with van der Waals surface area (Å²) in [5.74, 6) is 0. The summed E-state index contributed by atoms with van der Waals surface area (Å²) in [6.45, 7) is 0. The zero-order valence-corrected chi connectivity index (χ0v) is 13.4. The molecule has 2 aromatic carbocycles. The van der Waals surface area contributed by atoms with E-state index in [2.05, 4.69) is 10.6 Å². The number of hydrogen-bond donors (Lipinski definition) is 2. The molecule has 0 heterocycles. The molecule has 0 aliphatic heterocycles. The van der Waals surface area contributed by atoms with Gasteiger partial charge in [-0.25, -0.2) is 24.2 Å². The molecule has 124 valence electrons. The third-order valence-electron chi connectivity index (χ3n) is 3.23. The molecular formula is C17H18N4O3. The molecule has 7 nitrogen and oxygen atoms in total. The van der Waals surface area contributed by atoms with E-state index < -0.39 is 18.1 Å². The Balaban J connectivity index is 1.96. The van der Waals surface area contributed by atoms with Crippen molar-refractivity contribution in [3.63, 3.8) is 0 Å². The summed E-state index contributed by atoms with van der Waals surface area (Å²) in [6, 6.07) is 15.4. The maximum atomic E-state index is 12.2. The molecule has 0 aliphatic rings. The highest BCUT2D eigenvalue weighted by atomic mass is 16.2. The van der Waals surface area contributed by atoms with Crippen LogP contribution < -0.4 is 10.6 Å². The molecule has 6 amide bonds. The molecule has 7 heteroatoms. The number of benzene rings is 2. The lowest BCUT2D eigenvalue weighted by Gasteiger charge is -2.22. The van der Waals surface area contributed by atoms with Crippen molar-refractivity contribution in [3.8, 4) is 0 Å². The monoisotopic (exact) mass is 326 g/mol. The molecule has 0 atom stereocenters. The van der Waals surface area contributed by atoms with Gasteiger partial charge in [-0.3, -0.25) is 0 Å². The second-order valence-corrected chi connectivity index (χ2v) is 4.99. The Morgan fingerprint density at radius 2 is 1.00 bits per heavy atom. The number of imide groups is 2. The second-order valence-electron chi connectivity index (χ2n) is 4.99. The van der Waals surface area contributed by atoms with Crippen LogP contribution in [0.15, 0.2) is 60.7 Å². The summed E-state index contributed by atoms with van der Waals surface area (Å²) in [7, 11) is 2.60. The summed E-state index contributed by atoms with van der Waals surface area (Å²) in [5, 5.41) is 5.15. The largest absolute Gasteiger partial charge is 0.335 e. The first-order valence-electron chi connectivity index (χ1n) is 7.22. The number of carbonyl (C=O) groups is 3. The predicted octanol–water partition coefficient (Wildman–Crippen LogP) is 3.43. The molecular weight excluding hydrogens is 308 g/mol. The molecule has 0 bridgehead atoms. The van der Waals surface area contributed by atoms with Crippen molar-refractivity contribution in [2.24, 2.45) is 0 Å². The highest BCUT2D eigenvalue weighted by Gasteiger charge is 2.25. The maximum absolute atomic E-state index is 12.2. The number of urea groups is 3. The average Bonchev–Trinajstić information content (AvgIpc) is 2.61. The molecule has 0 radical (unpaired) electrons. The van der Waals surface area contributed by atoms with E-state index in [1.165, 1.54) is 14.1 Å². The van der Waals surface area contributed by atoms with Gasteiger partial charge in [-0.15, -0.1) is 0 Å². The number of amides is 6. The number of anilines is 2. The molecule has 0 aromatic heterocycles. The molecule has 2 rings (SSSR count). The Kier molecular flexibility index (Phi) is 5.51. The molecule has 0 aliphatic carbocycles. The quantitative estimate of drug-likeness (QED) is 0.887. The van der Waals surface area contributed by atoms with E-state index in [1.807, 2.05) is 12.1 Å². The predicted molar refractivity (Wildman–Crippen MR) is 91.8 cm³/mol. The van der Waals surface area contributed by atoms with Gasteiger partial charge in [0.2, 0.25) is 0 Å². The molecule has 0 fully saturated rings. The average molecular weight is 326 g/mol.